The molecule has 0 bridgehead atoms. The zero-order valence-electron chi connectivity index (χ0n) is 10.7. The molecule has 1 heterocycles. The van der Waals surface area contributed by atoms with E-state index in [1.165, 1.54) is 6.42 Å². The average Bonchev–Trinajstić information content (AvgIpc) is 2.41. The Kier molecular flexibility index (Phi) is 4.34. The highest BCUT2D eigenvalue weighted by Gasteiger charge is 2.18. The van der Waals surface area contributed by atoms with Gasteiger partial charge in [0.05, 0.1) is 5.69 Å². The first-order valence-electron chi connectivity index (χ1n) is 6.42. The van der Waals surface area contributed by atoms with E-state index < -0.39 is 0 Å². The van der Waals surface area contributed by atoms with Crippen molar-refractivity contribution in [2.75, 3.05) is 18.5 Å². The van der Waals surface area contributed by atoms with Gasteiger partial charge < -0.3 is 4.90 Å². The van der Waals surface area contributed by atoms with Crippen molar-refractivity contribution < 1.29 is 4.79 Å². The van der Waals surface area contributed by atoms with Crippen LogP contribution in [0.1, 0.15) is 26.2 Å². The number of benzene rings is 1. The zero-order valence-corrected chi connectivity index (χ0v) is 10.7. The van der Waals surface area contributed by atoms with Gasteiger partial charge in [0.25, 0.3) is 0 Å². The van der Waals surface area contributed by atoms with Gasteiger partial charge in [-0.3, -0.25) is 10.2 Å². The van der Waals surface area contributed by atoms with Crippen molar-refractivity contribution in [3.05, 3.63) is 30.3 Å². The van der Waals surface area contributed by atoms with E-state index in [0.29, 0.717) is 5.84 Å². The highest BCUT2D eigenvalue weighted by molar-refractivity contribution is 6.37. The number of piperidine rings is 1. The molecule has 1 N–H and O–H groups in total. The Balaban J connectivity index is 2.07. The van der Waals surface area contributed by atoms with E-state index in [9.17, 15) is 4.79 Å². The maximum absolute atomic E-state index is 11.7. The molecule has 96 valence electrons. The lowest BCUT2D eigenvalue weighted by molar-refractivity contribution is -0.111. The molecule has 4 nitrogen and oxygen atoms in total. The Bertz CT molecular complexity index is 422. The Morgan fingerprint density at radius 1 is 1.17 bits per heavy atom. The van der Waals surface area contributed by atoms with Crippen LogP contribution >= 0.6 is 0 Å². The molecule has 0 saturated carbocycles. The average molecular weight is 245 g/mol. The highest BCUT2D eigenvalue weighted by Crippen LogP contribution is 2.11. The first kappa shape index (κ1) is 12.6. The number of anilines is 1. The smallest absolute Gasteiger partial charge is 0.196 e. The molecule has 1 saturated heterocycles. The third-order valence-corrected chi connectivity index (χ3v) is 3.04. The minimum Gasteiger partial charge on any atom is -0.352 e. The molecule has 0 spiro atoms. The maximum Gasteiger partial charge on any atom is 0.196 e. The molecule has 0 aliphatic carbocycles. The molecule has 0 radical (unpaired) electrons. The minimum absolute atomic E-state index is 0.0142. The summed E-state index contributed by atoms with van der Waals surface area (Å²) in [7, 11) is 0. The quantitative estimate of drug-likeness (QED) is 0.505. The predicted molar refractivity (Wildman–Crippen MR) is 73.6 cm³/mol. The van der Waals surface area contributed by atoms with Crippen molar-refractivity contribution in [2.45, 2.75) is 26.2 Å². The third kappa shape index (κ3) is 3.32. The van der Waals surface area contributed by atoms with E-state index in [1.54, 1.807) is 6.92 Å². The number of hydrazone groups is 1. The monoisotopic (exact) mass is 245 g/mol. The molecule has 0 unspecified atom stereocenters. The topological polar surface area (TPSA) is 44.7 Å². The number of likely N-dealkylation sites (tertiary alicyclic amines) is 1. The van der Waals surface area contributed by atoms with E-state index in [4.69, 9.17) is 0 Å². The second-order valence-electron chi connectivity index (χ2n) is 4.52. The lowest BCUT2D eigenvalue weighted by atomic mass is 10.1. The highest BCUT2D eigenvalue weighted by atomic mass is 16.1. The van der Waals surface area contributed by atoms with Gasteiger partial charge in [-0.2, -0.15) is 5.10 Å². The molecule has 1 aliphatic rings. The lowest BCUT2D eigenvalue weighted by Gasteiger charge is -2.28. The molecule has 1 fully saturated rings. The number of ketones is 1. The summed E-state index contributed by atoms with van der Waals surface area (Å²) in [6.07, 6.45) is 3.52. The van der Waals surface area contributed by atoms with Gasteiger partial charge in [0.1, 0.15) is 0 Å². The van der Waals surface area contributed by atoms with Crippen LogP contribution in [0.3, 0.4) is 0 Å². The summed E-state index contributed by atoms with van der Waals surface area (Å²) in [6, 6.07) is 9.68. The summed E-state index contributed by atoms with van der Waals surface area (Å²) < 4.78 is 0. The fraction of sp³-hybridized carbons (Fsp3) is 0.429. The molecule has 0 aromatic heterocycles. The summed E-state index contributed by atoms with van der Waals surface area (Å²) in [5.41, 5.74) is 3.85. The Morgan fingerprint density at radius 3 is 2.44 bits per heavy atom. The number of hydrogen-bond donors (Lipinski definition) is 1. The summed E-state index contributed by atoms with van der Waals surface area (Å²) in [4.78, 5) is 13.7. The molecule has 1 aliphatic heterocycles. The van der Waals surface area contributed by atoms with E-state index in [1.807, 2.05) is 30.3 Å². The van der Waals surface area contributed by atoms with Crippen LogP contribution < -0.4 is 5.43 Å². The van der Waals surface area contributed by atoms with Gasteiger partial charge >= 0.3 is 0 Å². The molecule has 1 aromatic rings. The van der Waals surface area contributed by atoms with Gasteiger partial charge in [0.2, 0.25) is 0 Å². The number of Topliss-reactive ketones (excluding diaryl/α,β-unsaturated/α-hetero) is 1. The Labute approximate surface area is 108 Å². The van der Waals surface area contributed by atoms with Crippen LogP contribution in [0.4, 0.5) is 5.69 Å². The van der Waals surface area contributed by atoms with Crippen molar-refractivity contribution in [2.24, 2.45) is 5.10 Å². The summed E-state index contributed by atoms with van der Waals surface area (Å²) in [5.74, 6) is 0.555. The fourth-order valence-electron chi connectivity index (χ4n) is 2.11. The molecule has 0 atom stereocenters. The molecular formula is C14H19N3O. The number of amidine groups is 1. The van der Waals surface area contributed by atoms with Gasteiger partial charge in [-0.1, -0.05) is 18.2 Å². The first-order valence-corrected chi connectivity index (χ1v) is 6.42. The van der Waals surface area contributed by atoms with E-state index in [0.717, 1.165) is 31.6 Å². The molecule has 0 amide bonds. The van der Waals surface area contributed by atoms with Gasteiger partial charge in [-0.05, 0) is 31.4 Å². The standard InChI is InChI=1S/C14H19N3O/c1-12(18)14(17-10-6-3-7-11-17)16-15-13-8-4-2-5-9-13/h2,4-5,8-9,15H,3,6-7,10-11H2,1H3/b16-14-. The van der Waals surface area contributed by atoms with Crippen LogP contribution in [-0.2, 0) is 4.79 Å². The van der Waals surface area contributed by atoms with Crippen LogP contribution in [0.5, 0.6) is 0 Å². The van der Waals surface area contributed by atoms with Crippen molar-refractivity contribution >= 4 is 17.3 Å². The minimum atomic E-state index is 0.0142. The second-order valence-corrected chi connectivity index (χ2v) is 4.52. The van der Waals surface area contributed by atoms with Gasteiger partial charge in [-0.15, -0.1) is 0 Å². The number of nitrogens with zero attached hydrogens (tertiary/aromatic N) is 2. The second kappa shape index (κ2) is 6.19. The normalized spacial score (nSPS) is 16.5. The maximum atomic E-state index is 11.7. The summed E-state index contributed by atoms with van der Waals surface area (Å²) in [6.45, 7) is 3.42. The van der Waals surface area contributed by atoms with Crippen LogP contribution in [-0.4, -0.2) is 29.6 Å². The van der Waals surface area contributed by atoms with E-state index >= 15 is 0 Å². The Hall–Kier alpha value is -1.84. The summed E-state index contributed by atoms with van der Waals surface area (Å²) >= 11 is 0. The van der Waals surface area contributed by atoms with Gasteiger partial charge in [0, 0.05) is 20.0 Å². The third-order valence-electron chi connectivity index (χ3n) is 3.04. The van der Waals surface area contributed by atoms with Crippen molar-refractivity contribution in [3.63, 3.8) is 0 Å². The number of para-hydroxylation sites is 1. The van der Waals surface area contributed by atoms with E-state index in [2.05, 4.69) is 15.4 Å². The number of nitrogens with one attached hydrogen (secondary N) is 1. The Morgan fingerprint density at radius 2 is 1.83 bits per heavy atom. The molecular weight excluding hydrogens is 226 g/mol. The summed E-state index contributed by atoms with van der Waals surface area (Å²) in [5, 5.41) is 4.26. The lowest BCUT2D eigenvalue weighted by Crippen LogP contribution is -2.39. The van der Waals surface area contributed by atoms with Gasteiger partial charge in [-0.25, -0.2) is 0 Å². The SMILES string of the molecule is CC(=O)/C(=N/Nc1ccccc1)N1CCCCC1. The number of carbonyl (C=O) groups is 1. The van der Waals surface area contributed by atoms with Crippen molar-refractivity contribution in [1.29, 1.82) is 0 Å². The number of carbonyl (C=O) groups excluding carboxylic acids is 1. The fourth-order valence-corrected chi connectivity index (χ4v) is 2.11. The van der Waals surface area contributed by atoms with Crippen LogP contribution in [0.2, 0.25) is 0 Å². The van der Waals surface area contributed by atoms with E-state index in [-0.39, 0.29) is 5.78 Å². The molecule has 1 aromatic carbocycles. The zero-order chi connectivity index (χ0) is 12.8. The van der Waals surface area contributed by atoms with Crippen LogP contribution in [0.15, 0.2) is 35.4 Å². The first-order chi connectivity index (χ1) is 8.77. The molecule has 4 heteroatoms. The van der Waals surface area contributed by atoms with Crippen LogP contribution in [0, 0.1) is 0 Å². The molecule has 18 heavy (non-hydrogen) atoms. The predicted octanol–water partition coefficient (Wildman–Crippen LogP) is 2.49. The largest absolute Gasteiger partial charge is 0.352 e. The molecule has 2 rings (SSSR count). The van der Waals surface area contributed by atoms with Crippen molar-refractivity contribution in [1.82, 2.24) is 4.90 Å². The van der Waals surface area contributed by atoms with Crippen LogP contribution in [0.25, 0.3) is 0 Å². The van der Waals surface area contributed by atoms with Gasteiger partial charge in [0.15, 0.2) is 11.6 Å². The number of rotatable bonds is 3. The number of hydrogen-bond acceptors (Lipinski definition) is 3. The van der Waals surface area contributed by atoms with Crippen molar-refractivity contribution in [3.8, 4) is 0 Å².